The van der Waals surface area contributed by atoms with Crippen molar-refractivity contribution >= 4 is 11.5 Å². The highest BCUT2D eigenvalue weighted by Gasteiger charge is 2.27. The summed E-state index contributed by atoms with van der Waals surface area (Å²) in [7, 11) is 0. The van der Waals surface area contributed by atoms with Crippen LogP contribution < -0.4 is 16.0 Å². The van der Waals surface area contributed by atoms with Gasteiger partial charge in [0.15, 0.2) is 0 Å². The summed E-state index contributed by atoms with van der Waals surface area (Å²) < 4.78 is 0. The number of nitrogens with two attached hydrogens (primary N) is 1. The van der Waals surface area contributed by atoms with Gasteiger partial charge in [0.2, 0.25) is 0 Å². The van der Waals surface area contributed by atoms with Crippen LogP contribution >= 0.6 is 0 Å². The summed E-state index contributed by atoms with van der Waals surface area (Å²) in [5, 5.41) is 3.48. The van der Waals surface area contributed by atoms with Gasteiger partial charge in [-0.3, -0.25) is 0 Å². The highest BCUT2D eigenvalue weighted by Crippen LogP contribution is 2.33. The zero-order chi connectivity index (χ0) is 23.1. The third-order valence-electron chi connectivity index (χ3n) is 6.50. The molecule has 172 valence electrons. The van der Waals surface area contributed by atoms with Crippen molar-refractivity contribution in [3.05, 3.63) is 78.5 Å². The predicted molar refractivity (Wildman–Crippen MR) is 137 cm³/mol. The Kier molecular flexibility index (Phi) is 8.34. The molecule has 3 heterocycles. The van der Waals surface area contributed by atoms with Crippen LogP contribution in [0.2, 0.25) is 0 Å². The van der Waals surface area contributed by atoms with E-state index in [1.54, 1.807) is 0 Å². The lowest BCUT2D eigenvalue weighted by Crippen LogP contribution is -2.40. The molecule has 3 N–H and O–H groups in total. The van der Waals surface area contributed by atoms with E-state index in [1.165, 1.54) is 36.2 Å². The summed E-state index contributed by atoms with van der Waals surface area (Å²) in [6.07, 6.45) is 12.9. The summed E-state index contributed by atoms with van der Waals surface area (Å²) in [5.41, 5.74) is 11.6. The number of anilines is 2. The second kappa shape index (κ2) is 11.2. The second-order valence-electron chi connectivity index (χ2n) is 8.91. The first kappa shape index (κ1) is 23.9. The van der Waals surface area contributed by atoms with Gasteiger partial charge in [-0.1, -0.05) is 37.5 Å². The molecule has 5 nitrogen and oxygen atoms in total. The molecule has 2 aliphatic rings. The fourth-order valence-corrected chi connectivity index (χ4v) is 4.54. The molecule has 2 aliphatic heterocycles. The molecular weight excluding hydrogens is 394 g/mol. The van der Waals surface area contributed by atoms with Gasteiger partial charge in [-0.05, 0) is 76.1 Å². The van der Waals surface area contributed by atoms with Gasteiger partial charge in [0.25, 0.3) is 0 Å². The predicted octanol–water partition coefficient (Wildman–Crippen LogP) is 5.73. The summed E-state index contributed by atoms with van der Waals surface area (Å²) in [6.45, 7) is 19.5. The molecule has 1 aromatic rings. The summed E-state index contributed by atoms with van der Waals surface area (Å²) in [5.74, 6) is 1.67. The Morgan fingerprint density at radius 2 is 2.00 bits per heavy atom. The summed E-state index contributed by atoms with van der Waals surface area (Å²) >= 11 is 0. The Balaban J connectivity index is 1.80. The van der Waals surface area contributed by atoms with Crippen molar-refractivity contribution in [1.82, 2.24) is 9.88 Å². The molecule has 0 bridgehead atoms. The van der Waals surface area contributed by atoms with Crippen LogP contribution in [0.25, 0.3) is 0 Å². The molecule has 0 spiro atoms. The first-order valence-corrected chi connectivity index (χ1v) is 11.8. The lowest BCUT2D eigenvalue weighted by atomic mass is 9.93. The van der Waals surface area contributed by atoms with Gasteiger partial charge in [0.1, 0.15) is 11.6 Å². The molecule has 1 aromatic heterocycles. The molecule has 0 radical (unpaired) electrons. The van der Waals surface area contributed by atoms with Gasteiger partial charge >= 0.3 is 0 Å². The SMILES string of the molecule is C=C(C)C(=C)/C=C\C1=C(C)N(C(=C)Nc2cc(N3CCCCC3)ccn2)[C@@H](CCN)CC1. The van der Waals surface area contributed by atoms with Crippen molar-refractivity contribution in [2.45, 2.75) is 58.4 Å². The van der Waals surface area contributed by atoms with Crippen molar-refractivity contribution in [1.29, 1.82) is 0 Å². The van der Waals surface area contributed by atoms with Crippen molar-refractivity contribution in [2.24, 2.45) is 5.73 Å². The van der Waals surface area contributed by atoms with E-state index in [9.17, 15) is 0 Å². The largest absolute Gasteiger partial charge is 0.371 e. The van der Waals surface area contributed by atoms with E-state index in [2.05, 4.69) is 71.0 Å². The molecule has 0 unspecified atom stereocenters. The molecule has 1 atom stereocenters. The summed E-state index contributed by atoms with van der Waals surface area (Å²) in [6, 6.07) is 4.56. The van der Waals surface area contributed by atoms with E-state index in [0.717, 1.165) is 55.1 Å². The van der Waals surface area contributed by atoms with Gasteiger partial charge in [-0.15, -0.1) is 0 Å². The van der Waals surface area contributed by atoms with Gasteiger partial charge in [-0.2, -0.15) is 0 Å². The minimum absolute atomic E-state index is 0.326. The monoisotopic (exact) mass is 433 g/mol. The van der Waals surface area contributed by atoms with E-state index in [4.69, 9.17) is 5.73 Å². The molecule has 3 rings (SSSR count). The number of piperidine rings is 1. The molecule has 1 fully saturated rings. The quantitative estimate of drug-likeness (QED) is 0.487. The number of hydrogen-bond acceptors (Lipinski definition) is 5. The number of pyridine rings is 1. The van der Waals surface area contributed by atoms with Crippen molar-refractivity contribution in [3.8, 4) is 0 Å². The molecule has 0 aliphatic carbocycles. The number of allylic oxidation sites excluding steroid dienone is 6. The number of rotatable bonds is 9. The van der Waals surface area contributed by atoms with Gasteiger partial charge < -0.3 is 20.9 Å². The maximum Gasteiger partial charge on any atom is 0.133 e. The Morgan fingerprint density at radius 3 is 2.69 bits per heavy atom. The Bertz CT molecular complexity index is 904. The number of nitrogens with zero attached hydrogens (tertiary/aromatic N) is 3. The maximum absolute atomic E-state index is 5.94. The van der Waals surface area contributed by atoms with Gasteiger partial charge in [0, 0.05) is 42.8 Å². The lowest BCUT2D eigenvalue weighted by Gasteiger charge is -2.40. The number of nitrogens with one attached hydrogen (secondary N) is 1. The molecular formula is C27H39N5. The molecule has 1 saturated heterocycles. The van der Waals surface area contributed by atoms with Crippen molar-refractivity contribution in [3.63, 3.8) is 0 Å². The van der Waals surface area contributed by atoms with Crippen molar-refractivity contribution < 1.29 is 0 Å². The molecule has 0 saturated carbocycles. The average molecular weight is 434 g/mol. The van der Waals surface area contributed by atoms with Crippen LogP contribution in [0.3, 0.4) is 0 Å². The Morgan fingerprint density at radius 1 is 1.25 bits per heavy atom. The first-order chi connectivity index (χ1) is 15.4. The minimum atomic E-state index is 0.326. The molecule has 0 amide bonds. The minimum Gasteiger partial charge on any atom is -0.371 e. The van der Waals surface area contributed by atoms with E-state index in [-0.39, 0.29) is 0 Å². The van der Waals surface area contributed by atoms with Gasteiger partial charge in [-0.25, -0.2) is 4.98 Å². The fraction of sp³-hybridized carbons (Fsp3) is 0.444. The van der Waals surface area contributed by atoms with Crippen molar-refractivity contribution in [2.75, 3.05) is 29.9 Å². The second-order valence-corrected chi connectivity index (χ2v) is 8.91. The maximum atomic E-state index is 5.94. The van der Waals surface area contributed by atoms with Crippen LogP contribution in [0.1, 0.15) is 52.4 Å². The van der Waals surface area contributed by atoms with Crippen LogP contribution in [-0.2, 0) is 0 Å². The highest BCUT2D eigenvalue weighted by atomic mass is 15.3. The molecule has 0 aromatic carbocycles. The van der Waals surface area contributed by atoms with Crippen LogP contribution in [-0.4, -0.2) is 35.6 Å². The highest BCUT2D eigenvalue weighted by molar-refractivity contribution is 5.56. The number of hydrogen-bond donors (Lipinski definition) is 2. The van der Waals surface area contributed by atoms with E-state index < -0.39 is 0 Å². The van der Waals surface area contributed by atoms with Crippen LogP contribution in [0.5, 0.6) is 0 Å². The smallest absolute Gasteiger partial charge is 0.133 e. The lowest BCUT2D eigenvalue weighted by molar-refractivity contribution is 0.267. The molecule has 5 heteroatoms. The standard InChI is InChI=1S/C27H39N5/c1-20(2)21(3)9-10-24-11-12-25(13-15-28)32(22(24)4)23(5)30-27-19-26(14-16-29-27)31-17-7-6-8-18-31/h9-10,14,16,19,25H,1,3,5-8,11-13,15,17-18,28H2,2,4H3,(H,29,30)/b10-9-/t25-/m1/s1. The van der Waals surface area contributed by atoms with Gasteiger partial charge in [0.05, 0.1) is 0 Å². The van der Waals surface area contributed by atoms with E-state index >= 15 is 0 Å². The Labute approximate surface area is 194 Å². The molecule has 32 heavy (non-hydrogen) atoms. The number of aromatic nitrogens is 1. The fourth-order valence-electron chi connectivity index (χ4n) is 4.54. The summed E-state index contributed by atoms with van der Waals surface area (Å²) in [4.78, 5) is 9.31. The third kappa shape index (κ3) is 5.92. The Hall–Kier alpha value is -2.79. The zero-order valence-electron chi connectivity index (χ0n) is 19.9. The van der Waals surface area contributed by atoms with E-state index in [1.807, 2.05) is 13.1 Å². The average Bonchev–Trinajstić information content (AvgIpc) is 2.79. The van der Waals surface area contributed by atoms with Crippen LogP contribution in [0, 0.1) is 0 Å². The first-order valence-electron chi connectivity index (χ1n) is 11.8. The van der Waals surface area contributed by atoms with Crippen LogP contribution in [0.15, 0.2) is 78.5 Å². The zero-order valence-corrected chi connectivity index (χ0v) is 19.9. The normalized spacial score (nSPS) is 19.4. The van der Waals surface area contributed by atoms with Crippen LogP contribution in [0.4, 0.5) is 11.5 Å². The topological polar surface area (TPSA) is 57.4 Å². The van der Waals surface area contributed by atoms with E-state index in [0.29, 0.717) is 12.6 Å². The third-order valence-corrected chi connectivity index (χ3v) is 6.50.